The monoisotopic (exact) mass is 340 g/mol. The average Bonchev–Trinajstić information content (AvgIpc) is 2.46. The van der Waals surface area contributed by atoms with Gasteiger partial charge in [0.15, 0.2) is 0 Å². The number of sulfonamides is 1. The van der Waals surface area contributed by atoms with Gasteiger partial charge in [-0.15, -0.1) is 0 Å². The fourth-order valence-electron chi connectivity index (χ4n) is 1.71. The lowest BCUT2D eigenvalue weighted by molar-refractivity contribution is 0.581. The minimum atomic E-state index is -3.65. The molecule has 0 spiro atoms. The van der Waals surface area contributed by atoms with Crippen molar-refractivity contribution in [3.05, 3.63) is 64.7 Å². The molecule has 3 N–H and O–H groups in total. The highest BCUT2D eigenvalue weighted by molar-refractivity contribution is 7.89. The summed E-state index contributed by atoms with van der Waals surface area (Å²) in [4.78, 5) is 0.365. The van der Waals surface area contributed by atoms with Crippen molar-refractivity contribution in [3.8, 4) is 0 Å². The molecule has 0 aliphatic heterocycles. The van der Waals surface area contributed by atoms with Gasteiger partial charge in [-0.05, 0) is 17.7 Å². The first-order chi connectivity index (χ1) is 9.90. The molecule has 110 valence electrons. The molecule has 0 bridgehead atoms. The smallest absolute Gasteiger partial charge is 0.242 e. The molecule has 0 fully saturated rings. The van der Waals surface area contributed by atoms with E-state index in [0.717, 1.165) is 11.1 Å². The van der Waals surface area contributed by atoms with E-state index in [1.54, 1.807) is 36.4 Å². The molecule has 0 heterocycles. The van der Waals surface area contributed by atoms with Crippen molar-refractivity contribution in [2.75, 3.05) is 0 Å². The minimum Gasteiger partial charge on any atom is -0.389 e. The number of thiocarbonyl (C=S) groups is 1. The summed E-state index contributed by atoms with van der Waals surface area (Å²) in [5, 5.41) is 0.189. The quantitative estimate of drug-likeness (QED) is 0.820. The second kappa shape index (κ2) is 6.53. The van der Waals surface area contributed by atoms with Gasteiger partial charge in [-0.2, -0.15) is 0 Å². The summed E-state index contributed by atoms with van der Waals surface area (Å²) < 4.78 is 26.8. The summed E-state index contributed by atoms with van der Waals surface area (Å²) in [6, 6.07) is 13.3. The van der Waals surface area contributed by atoms with E-state index in [-0.39, 0.29) is 16.5 Å². The zero-order chi connectivity index (χ0) is 15.5. The Balaban J connectivity index is 2.12. The Kier molecular flexibility index (Phi) is 4.95. The third kappa shape index (κ3) is 4.01. The van der Waals surface area contributed by atoms with E-state index >= 15 is 0 Å². The molecule has 2 rings (SSSR count). The fourth-order valence-corrected chi connectivity index (χ4v) is 3.38. The number of nitrogens with two attached hydrogens (primary N) is 1. The molecule has 0 saturated carbocycles. The molecule has 0 aromatic heterocycles. The van der Waals surface area contributed by atoms with E-state index < -0.39 is 10.0 Å². The van der Waals surface area contributed by atoms with Crippen LogP contribution in [0.1, 0.15) is 11.1 Å². The molecule has 4 nitrogen and oxygen atoms in total. The van der Waals surface area contributed by atoms with Gasteiger partial charge in [0.1, 0.15) is 9.88 Å². The molecule has 2 aromatic carbocycles. The second-order valence-corrected chi connectivity index (χ2v) is 6.90. The molecule has 0 unspecified atom stereocenters. The topological polar surface area (TPSA) is 72.2 Å². The van der Waals surface area contributed by atoms with Gasteiger partial charge in [0.25, 0.3) is 0 Å². The molecule has 0 saturated heterocycles. The third-order valence-corrected chi connectivity index (χ3v) is 4.97. The summed E-state index contributed by atoms with van der Waals surface area (Å²) in [7, 11) is -3.65. The summed E-state index contributed by atoms with van der Waals surface area (Å²) in [5.41, 5.74) is 7.04. The first-order valence-corrected chi connectivity index (χ1v) is 8.30. The summed E-state index contributed by atoms with van der Waals surface area (Å²) in [6.07, 6.45) is 0. The van der Waals surface area contributed by atoms with Crippen LogP contribution in [0.4, 0.5) is 0 Å². The molecule has 21 heavy (non-hydrogen) atoms. The number of nitrogens with one attached hydrogen (secondary N) is 1. The van der Waals surface area contributed by atoms with Crippen molar-refractivity contribution < 1.29 is 8.42 Å². The lowest BCUT2D eigenvalue weighted by atomic mass is 10.1. The van der Waals surface area contributed by atoms with Crippen molar-refractivity contribution in [2.24, 2.45) is 5.73 Å². The number of halogens is 1. The van der Waals surface area contributed by atoms with Crippen LogP contribution in [0.5, 0.6) is 0 Å². The molecule has 0 aliphatic carbocycles. The van der Waals surface area contributed by atoms with Gasteiger partial charge in [0.05, 0.1) is 5.02 Å². The normalized spacial score (nSPS) is 11.3. The van der Waals surface area contributed by atoms with Crippen LogP contribution in [0.15, 0.2) is 53.4 Å². The largest absolute Gasteiger partial charge is 0.389 e. The van der Waals surface area contributed by atoms with Crippen LogP contribution in [0.3, 0.4) is 0 Å². The number of benzene rings is 2. The molecule has 0 radical (unpaired) electrons. The van der Waals surface area contributed by atoms with Gasteiger partial charge in [-0.25, -0.2) is 13.1 Å². The highest BCUT2D eigenvalue weighted by Crippen LogP contribution is 2.20. The van der Waals surface area contributed by atoms with E-state index in [0.29, 0.717) is 4.99 Å². The van der Waals surface area contributed by atoms with Gasteiger partial charge in [-0.3, -0.25) is 0 Å². The Hall–Kier alpha value is -1.47. The maximum atomic E-state index is 12.2. The molecular formula is C14H13ClN2O2S2. The van der Waals surface area contributed by atoms with Crippen LogP contribution in [-0.2, 0) is 16.6 Å². The average molecular weight is 341 g/mol. The molecular weight excluding hydrogens is 328 g/mol. The van der Waals surface area contributed by atoms with Crippen LogP contribution >= 0.6 is 23.8 Å². The predicted octanol–water partition coefficient (Wildman–Crippen LogP) is 2.45. The number of hydrogen-bond acceptors (Lipinski definition) is 3. The summed E-state index contributed by atoms with van der Waals surface area (Å²) >= 11 is 10.8. The summed E-state index contributed by atoms with van der Waals surface area (Å²) in [6.45, 7) is 0.158. The number of rotatable bonds is 5. The standard InChI is InChI=1S/C14H13ClN2O2S2/c15-12-3-1-2-4-13(12)21(18,19)17-9-10-5-7-11(8-6-10)14(16)20/h1-8,17H,9H2,(H2,16,20). The van der Waals surface area contributed by atoms with E-state index in [1.807, 2.05) is 0 Å². The SMILES string of the molecule is NC(=S)c1ccc(CNS(=O)(=O)c2ccccc2Cl)cc1. The first kappa shape index (κ1) is 15.9. The van der Waals surface area contributed by atoms with E-state index in [1.165, 1.54) is 12.1 Å². The highest BCUT2D eigenvalue weighted by atomic mass is 35.5. The molecule has 0 amide bonds. The van der Waals surface area contributed by atoms with Crippen LogP contribution in [0.2, 0.25) is 5.02 Å². The Morgan fingerprint density at radius 2 is 1.76 bits per heavy atom. The number of hydrogen-bond donors (Lipinski definition) is 2. The van der Waals surface area contributed by atoms with E-state index in [2.05, 4.69) is 4.72 Å². The molecule has 2 aromatic rings. The molecule has 7 heteroatoms. The Morgan fingerprint density at radius 3 is 2.33 bits per heavy atom. The van der Waals surface area contributed by atoms with Crippen molar-refractivity contribution in [3.63, 3.8) is 0 Å². The van der Waals surface area contributed by atoms with Crippen molar-refractivity contribution in [2.45, 2.75) is 11.4 Å². The van der Waals surface area contributed by atoms with Crippen molar-refractivity contribution in [1.29, 1.82) is 0 Å². The lowest BCUT2D eigenvalue weighted by Gasteiger charge is -2.08. The maximum Gasteiger partial charge on any atom is 0.242 e. The lowest BCUT2D eigenvalue weighted by Crippen LogP contribution is -2.23. The highest BCUT2D eigenvalue weighted by Gasteiger charge is 2.16. The fraction of sp³-hybridized carbons (Fsp3) is 0.0714. The van der Waals surface area contributed by atoms with Crippen molar-refractivity contribution >= 4 is 38.8 Å². The predicted molar refractivity (Wildman–Crippen MR) is 87.8 cm³/mol. The van der Waals surface area contributed by atoms with Gasteiger partial charge < -0.3 is 5.73 Å². The van der Waals surface area contributed by atoms with E-state index in [9.17, 15) is 8.42 Å². The zero-order valence-electron chi connectivity index (χ0n) is 10.9. The minimum absolute atomic E-state index is 0.0615. The van der Waals surface area contributed by atoms with Gasteiger partial charge in [0, 0.05) is 12.1 Å². The first-order valence-electron chi connectivity index (χ1n) is 6.03. The van der Waals surface area contributed by atoms with Crippen molar-refractivity contribution in [1.82, 2.24) is 4.72 Å². The Bertz CT molecular complexity index is 759. The zero-order valence-corrected chi connectivity index (χ0v) is 13.3. The van der Waals surface area contributed by atoms with Crippen LogP contribution in [-0.4, -0.2) is 13.4 Å². The van der Waals surface area contributed by atoms with Gasteiger partial charge in [0.2, 0.25) is 10.0 Å². The van der Waals surface area contributed by atoms with Crippen LogP contribution in [0.25, 0.3) is 0 Å². The second-order valence-electron chi connectivity index (χ2n) is 4.32. The van der Waals surface area contributed by atoms with Crippen LogP contribution < -0.4 is 10.5 Å². The Morgan fingerprint density at radius 1 is 1.14 bits per heavy atom. The van der Waals surface area contributed by atoms with Crippen LogP contribution in [0, 0.1) is 0 Å². The molecule has 0 aliphatic rings. The Labute approximate surface area is 134 Å². The van der Waals surface area contributed by atoms with Gasteiger partial charge >= 0.3 is 0 Å². The van der Waals surface area contributed by atoms with Gasteiger partial charge in [-0.1, -0.05) is 60.2 Å². The molecule has 0 atom stereocenters. The third-order valence-electron chi connectivity index (χ3n) is 2.83. The van der Waals surface area contributed by atoms with E-state index in [4.69, 9.17) is 29.6 Å². The maximum absolute atomic E-state index is 12.2. The summed E-state index contributed by atoms with van der Waals surface area (Å²) in [5.74, 6) is 0.